The molecule has 0 spiro atoms. The molecule has 0 amide bonds. The van der Waals surface area contributed by atoms with E-state index in [9.17, 15) is 0 Å². The third-order valence-corrected chi connectivity index (χ3v) is 2.73. The summed E-state index contributed by atoms with van der Waals surface area (Å²) >= 11 is 5.95. The van der Waals surface area contributed by atoms with Crippen LogP contribution in [0.15, 0.2) is 18.2 Å². The molecule has 1 aromatic carbocycles. The molecular formula is C13H16ClN. The van der Waals surface area contributed by atoms with E-state index in [1.807, 2.05) is 19.1 Å². The molecule has 0 aromatic heterocycles. The SMILES string of the molecule is C#CCC(C)NCc1ccc(Cl)c(C)c1. The number of terminal acetylenes is 1. The van der Waals surface area contributed by atoms with Crippen LogP contribution in [0.5, 0.6) is 0 Å². The predicted octanol–water partition coefficient (Wildman–Crippen LogP) is 3.15. The van der Waals surface area contributed by atoms with Crippen LogP contribution in [-0.2, 0) is 6.54 Å². The minimum absolute atomic E-state index is 0.353. The number of nitrogens with one attached hydrogen (secondary N) is 1. The van der Waals surface area contributed by atoms with Gasteiger partial charge in [-0.2, -0.15) is 0 Å². The Balaban J connectivity index is 2.51. The van der Waals surface area contributed by atoms with E-state index in [2.05, 4.69) is 24.2 Å². The summed E-state index contributed by atoms with van der Waals surface area (Å²) in [6.45, 7) is 4.93. The van der Waals surface area contributed by atoms with E-state index in [1.54, 1.807) is 0 Å². The number of hydrogen-bond acceptors (Lipinski definition) is 1. The first-order valence-electron chi connectivity index (χ1n) is 5.05. The van der Waals surface area contributed by atoms with Gasteiger partial charge in [-0.05, 0) is 31.0 Å². The molecule has 0 aliphatic carbocycles. The van der Waals surface area contributed by atoms with Crippen LogP contribution < -0.4 is 5.32 Å². The van der Waals surface area contributed by atoms with E-state index in [0.29, 0.717) is 6.04 Å². The van der Waals surface area contributed by atoms with Gasteiger partial charge in [-0.15, -0.1) is 12.3 Å². The Bertz CT molecular complexity index is 365. The van der Waals surface area contributed by atoms with Gasteiger partial charge in [-0.1, -0.05) is 23.7 Å². The van der Waals surface area contributed by atoms with Crippen LogP contribution in [0.3, 0.4) is 0 Å². The normalized spacial score (nSPS) is 12.1. The molecule has 0 bridgehead atoms. The standard InChI is InChI=1S/C13H16ClN/c1-4-5-11(3)15-9-12-6-7-13(14)10(2)8-12/h1,6-8,11,15H,5,9H2,2-3H3. The Labute approximate surface area is 96.8 Å². The predicted molar refractivity (Wildman–Crippen MR) is 65.9 cm³/mol. The van der Waals surface area contributed by atoms with Gasteiger partial charge >= 0.3 is 0 Å². The fraction of sp³-hybridized carbons (Fsp3) is 0.385. The van der Waals surface area contributed by atoms with Gasteiger partial charge in [-0.25, -0.2) is 0 Å². The summed E-state index contributed by atoms with van der Waals surface area (Å²) in [5, 5.41) is 4.18. The molecule has 1 aromatic rings. The third-order valence-electron chi connectivity index (χ3n) is 2.30. The van der Waals surface area contributed by atoms with Crippen LogP contribution in [0.1, 0.15) is 24.5 Å². The molecule has 0 radical (unpaired) electrons. The van der Waals surface area contributed by atoms with Gasteiger partial charge in [0.2, 0.25) is 0 Å². The molecule has 0 saturated carbocycles. The van der Waals surface area contributed by atoms with Crippen molar-refractivity contribution in [2.45, 2.75) is 32.9 Å². The van der Waals surface area contributed by atoms with Gasteiger partial charge in [-0.3, -0.25) is 0 Å². The summed E-state index contributed by atoms with van der Waals surface area (Å²) in [5.74, 6) is 2.64. The van der Waals surface area contributed by atoms with Crippen LogP contribution in [-0.4, -0.2) is 6.04 Å². The Kier molecular flexibility index (Phi) is 4.68. The van der Waals surface area contributed by atoms with Crippen molar-refractivity contribution in [3.05, 3.63) is 34.3 Å². The van der Waals surface area contributed by atoms with Crippen molar-refractivity contribution in [3.63, 3.8) is 0 Å². The van der Waals surface area contributed by atoms with Crippen molar-refractivity contribution in [2.24, 2.45) is 0 Å². The molecule has 1 N–H and O–H groups in total. The summed E-state index contributed by atoms with van der Waals surface area (Å²) in [7, 11) is 0. The fourth-order valence-electron chi connectivity index (χ4n) is 1.36. The number of hydrogen-bond donors (Lipinski definition) is 1. The van der Waals surface area contributed by atoms with Gasteiger partial charge in [0.05, 0.1) is 0 Å². The number of benzene rings is 1. The first-order valence-corrected chi connectivity index (χ1v) is 5.43. The minimum Gasteiger partial charge on any atom is -0.309 e. The zero-order chi connectivity index (χ0) is 11.3. The lowest BCUT2D eigenvalue weighted by Gasteiger charge is -2.11. The van der Waals surface area contributed by atoms with Gasteiger partial charge in [0.1, 0.15) is 0 Å². The zero-order valence-electron chi connectivity index (χ0n) is 9.18. The van der Waals surface area contributed by atoms with E-state index in [-0.39, 0.29) is 0 Å². The minimum atomic E-state index is 0.353. The zero-order valence-corrected chi connectivity index (χ0v) is 9.93. The van der Waals surface area contributed by atoms with Gasteiger partial charge in [0.15, 0.2) is 0 Å². The topological polar surface area (TPSA) is 12.0 Å². The lowest BCUT2D eigenvalue weighted by atomic mass is 10.1. The maximum atomic E-state index is 5.95. The first-order chi connectivity index (χ1) is 7.13. The molecule has 0 aliphatic heterocycles. The van der Waals surface area contributed by atoms with E-state index in [1.165, 1.54) is 5.56 Å². The highest BCUT2D eigenvalue weighted by molar-refractivity contribution is 6.31. The maximum Gasteiger partial charge on any atom is 0.0435 e. The molecule has 15 heavy (non-hydrogen) atoms. The Morgan fingerprint density at radius 3 is 2.87 bits per heavy atom. The Hall–Kier alpha value is -0.970. The van der Waals surface area contributed by atoms with Crippen LogP contribution in [0.2, 0.25) is 5.02 Å². The third kappa shape index (κ3) is 3.95. The average molecular weight is 222 g/mol. The summed E-state index contributed by atoms with van der Waals surface area (Å²) in [5.41, 5.74) is 2.35. The van der Waals surface area contributed by atoms with E-state index in [4.69, 9.17) is 18.0 Å². The largest absolute Gasteiger partial charge is 0.309 e. The van der Waals surface area contributed by atoms with Crippen LogP contribution in [0.25, 0.3) is 0 Å². The van der Waals surface area contributed by atoms with Gasteiger partial charge in [0.25, 0.3) is 0 Å². The Morgan fingerprint density at radius 1 is 1.53 bits per heavy atom. The summed E-state index contributed by atoms with van der Waals surface area (Å²) in [4.78, 5) is 0. The molecule has 0 heterocycles. The molecule has 2 heteroatoms. The second-order valence-electron chi connectivity index (χ2n) is 3.77. The highest BCUT2D eigenvalue weighted by Crippen LogP contribution is 2.16. The van der Waals surface area contributed by atoms with Gasteiger partial charge < -0.3 is 5.32 Å². The van der Waals surface area contributed by atoms with E-state index in [0.717, 1.165) is 23.6 Å². The smallest absolute Gasteiger partial charge is 0.0435 e. The molecule has 0 saturated heterocycles. The monoisotopic (exact) mass is 221 g/mol. The van der Waals surface area contributed by atoms with Crippen LogP contribution in [0.4, 0.5) is 0 Å². The molecule has 80 valence electrons. The molecule has 1 rings (SSSR count). The van der Waals surface area contributed by atoms with Gasteiger partial charge in [0, 0.05) is 24.0 Å². The second kappa shape index (κ2) is 5.80. The maximum absolute atomic E-state index is 5.95. The summed E-state index contributed by atoms with van der Waals surface area (Å²) in [6.07, 6.45) is 5.99. The van der Waals surface area contributed by atoms with Crippen molar-refractivity contribution in [1.29, 1.82) is 0 Å². The molecule has 0 fully saturated rings. The van der Waals surface area contributed by atoms with Crippen LogP contribution in [0, 0.1) is 19.3 Å². The molecular weight excluding hydrogens is 206 g/mol. The average Bonchev–Trinajstić information content (AvgIpc) is 2.20. The molecule has 1 nitrogen and oxygen atoms in total. The Morgan fingerprint density at radius 2 is 2.27 bits per heavy atom. The van der Waals surface area contributed by atoms with Crippen molar-refractivity contribution < 1.29 is 0 Å². The van der Waals surface area contributed by atoms with Crippen molar-refractivity contribution in [2.75, 3.05) is 0 Å². The number of halogens is 1. The first kappa shape index (κ1) is 12.1. The van der Waals surface area contributed by atoms with Crippen molar-refractivity contribution in [1.82, 2.24) is 5.32 Å². The highest BCUT2D eigenvalue weighted by Gasteiger charge is 2.01. The van der Waals surface area contributed by atoms with E-state index < -0.39 is 0 Å². The fourth-order valence-corrected chi connectivity index (χ4v) is 1.48. The number of rotatable bonds is 4. The highest BCUT2D eigenvalue weighted by atomic mass is 35.5. The second-order valence-corrected chi connectivity index (χ2v) is 4.18. The summed E-state index contributed by atoms with van der Waals surface area (Å²) < 4.78 is 0. The quantitative estimate of drug-likeness (QED) is 0.771. The number of aryl methyl sites for hydroxylation is 1. The van der Waals surface area contributed by atoms with Crippen molar-refractivity contribution in [3.8, 4) is 12.3 Å². The van der Waals surface area contributed by atoms with Crippen LogP contribution >= 0.6 is 11.6 Å². The van der Waals surface area contributed by atoms with Crippen molar-refractivity contribution >= 4 is 11.6 Å². The van der Waals surface area contributed by atoms with E-state index >= 15 is 0 Å². The lowest BCUT2D eigenvalue weighted by Crippen LogP contribution is -2.24. The molecule has 1 atom stereocenters. The lowest BCUT2D eigenvalue weighted by molar-refractivity contribution is 0.559. The molecule has 0 aliphatic rings. The molecule has 1 unspecified atom stereocenters. The summed E-state index contributed by atoms with van der Waals surface area (Å²) in [6, 6.07) is 6.41.